The maximum atomic E-state index is 14.3. The van der Waals surface area contributed by atoms with Crippen LogP contribution in [0.1, 0.15) is 89.7 Å². The van der Waals surface area contributed by atoms with Crippen LogP contribution in [0.4, 0.5) is 14.0 Å². The minimum Gasteiger partial charge on any atom is -0.444 e. The average molecular weight is 732 g/mol. The SMILES string of the molecule is CC(C)(C)OC(=O)N[C@@H]1CCCCCC=C[C@@H]2C[C@@]2(C(=O)NS(=O)(=O)C2CC2)NC(=O)[C@@H]2C[C@@H](OC(=O)N3Cc4ccc(F)cc4C3)CN2C1=O. The number of nitrogens with zero attached hydrogens (tertiary/aromatic N) is 2. The highest BCUT2D eigenvalue weighted by atomic mass is 32.2. The second kappa shape index (κ2) is 14.1. The fourth-order valence-electron chi connectivity index (χ4n) is 7.01. The van der Waals surface area contributed by atoms with Crippen molar-refractivity contribution in [2.45, 2.75) is 126 Å². The molecular formula is C35H46FN5O9S. The quantitative estimate of drug-likeness (QED) is 0.384. The summed E-state index contributed by atoms with van der Waals surface area (Å²) in [5.41, 5.74) is -0.960. The average Bonchev–Trinajstić information content (AvgIpc) is 3.93. The summed E-state index contributed by atoms with van der Waals surface area (Å²) in [5.74, 6) is -3.03. The molecule has 3 fully saturated rings. The molecule has 2 aliphatic carbocycles. The van der Waals surface area contributed by atoms with E-state index in [1.54, 1.807) is 26.8 Å². The molecule has 2 saturated carbocycles. The summed E-state index contributed by atoms with van der Waals surface area (Å²) in [4.78, 5) is 70.9. The molecule has 0 aromatic heterocycles. The van der Waals surface area contributed by atoms with Gasteiger partial charge in [-0.25, -0.2) is 22.4 Å². The number of alkyl carbamates (subject to hydrolysis) is 1. The van der Waals surface area contributed by atoms with Crippen molar-refractivity contribution >= 4 is 39.9 Å². The first-order valence-electron chi connectivity index (χ1n) is 17.6. The van der Waals surface area contributed by atoms with Crippen LogP contribution in [0.5, 0.6) is 0 Å². The number of sulfonamides is 1. The molecule has 51 heavy (non-hydrogen) atoms. The summed E-state index contributed by atoms with van der Waals surface area (Å²) in [5, 5.41) is 4.80. The van der Waals surface area contributed by atoms with E-state index in [2.05, 4.69) is 15.4 Å². The summed E-state index contributed by atoms with van der Waals surface area (Å²) in [6, 6.07) is 1.99. The van der Waals surface area contributed by atoms with Gasteiger partial charge in [-0.05, 0) is 82.6 Å². The fourth-order valence-corrected chi connectivity index (χ4v) is 8.37. The van der Waals surface area contributed by atoms with Crippen LogP contribution in [0.3, 0.4) is 0 Å². The first-order valence-corrected chi connectivity index (χ1v) is 19.2. The van der Waals surface area contributed by atoms with Gasteiger partial charge in [-0.1, -0.05) is 31.1 Å². The van der Waals surface area contributed by atoms with Gasteiger partial charge in [0.25, 0.3) is 5.91 Å². The largest absolute Gasteiger partial charge is 0.444 e. The number of hydrogen-bond acceptors (Lipinski definition) is 9. The summed E-state index contributed by atoms with van der Waals surface area (Å²) >= 11 is 0. The number of hydrogen-bond donors (Lipinski definition) is 3. The summed E-state index contributed by atoms with van der Waals surface area (Å²) in [6.45, 7) is 5.24. The summed E-state index contributed by atoms with van der Waals surface area (Å²) in [7, 11) is -3.92. The zero-order valence-electron chi connectivity index (χ0n) is 29.1. The third-order valence-corrected chi connectivity index (χ3v) is 11.8. The molecule has 1 aromatic rings. The second-order valence-corrected chi connectivity index (χ2v) is 17.2. The Hall–Kier alpha value is -4.21. The topological polar surface area (TPSA) is 181 Å². The minimum atomic E-state index is -3.92. The zero-order chi connectivity index (χ0) is 36.7. The molecule has 0 bridgehead atoms. The van der Waals surface area contributed by atoms with Gasteiger partial charge in [0, 0.05) is 25.4 Å². The number of rotatable bonds is 5. The van der Waals surface area contributed by atoms with Crippen LogP contribution in [0, 0.1) is 11.7 Å². The Labute approximate surface area is 296 Å². The Balaban J connectivity index is 1.25. The molecule has 0 spiro atoms. The minimum absolute atomic E-state index is 0.115. The van der Waals surface area contributed by atoms with Gasteiger partial charge in [0.1, 0.15) is 35.1 Å². The number of carbonyl (C=O) groups is 5. The molecule has 1 saturated heterocycles. The van der Waals surface area contributed by atoms with Gasteiger partial charge in [0.15, 0.2) is 0 Å². The van der Waals surface area contributed by atoms with Crippen molar-refractivity contribution in [3.8, 4) is 0 Å². The number of benzene rings is 1. The molecule has 5 aliphatic rings. The van der Waals surface area contributed by atoms with Crippen LogP contribution in [0.25, 0.3) is 0 Å². The second-order valence-electron chi connectivity index (χ2n) is 15.2. The van der Waals surface area contributed by atoms with Crippen molar-refractivity contribution in [3.63, 3.8) is 0 Å². The molecule has 3 aliphatic heterocycles. The molecule has 3 heterocycles. The third-order valence-electron chi connectivity index (χ3n) is 9.95. The van der Waals surface area contributed by atoms with Crippen LogP contribution in [0.15, 0.2) is 30.4 Å². The Morgan fingerprint density at radius 2 is 1.78 bits per heavy atom. The van der Waals surface area contributed by atoms with Crippen LogP contribution in [0.2, 0.25) is 0 Å². The number of halogens is 1. The molecule has 14 nitrogen and oxygen atoms in total. The van der Waals surface area contributed by atoms with E-state index in [1.807, 2.05) is 12.2 Å². The molecule has 6 rings (SSSR count). The third kappa shape index (κ3) is 8.47. The Morgan fingerprint density at radius 3 is 2.51 bits per heavy atom. The Morgan fingerprint density at radius 1 is 1.04 bits per heavy atom. The first kappa shape index (κ1) is 36.6. The van der Waals surface area contributed by atoms with E-state index >= 15 is 0 Å². The van der Waals surface area contributed by atoms with E-state index in [1.165, 1.54) is 21.9 Å². The lowest BCUT2D eigenvalue weighted by atomic mass is 10.0. The van der Waals surface area contributed by atoms with Crippen molar-refractivity contribution < 1.29 is 46.3 Å². The zero-order valence-corrected chi connectivity index (χ0v) is 29.9. The lowest BCUT2D eigenvalue weighted by Crippen LogP contribution is -2.58. The number of carbonyl (C=O) groups excluding carboxylic acids is 5. The normalized spacial score (nSPS) is 28.3. The number of allylic oxidation sites excluding steroid dienone is 1. The molecule has 278 valence electrons. The van der Waals surface area contributed by atoms with E-state index in [0.29, 0.717) is 31.2 Å². The number of fused-ring (bicyclic) bond motifs is 3. The number of ether oxygens (including phenoxy) is 2. The molecule has 5 atom stereocenters. The van der Waals surface area contributed by atoms with E-state index in [0.717, 1.165) is 18.4 Å². The fraction of sp³-hybridized carbons (Fsp3) is 0.629. The highest BCUT2D eigenvalue weighted by Gasteiger charge is 2.62. The van der Waals surface area contributed by atoms with Crippen molar-refractivity contribution in [2.75, 3.05) is 6.54 Å². The van der Waals surface area contributed by atoms with E-state index < -0.39 is 86.2 Å². The van der Waals surface area contributed by atoms with Gasteiger partial charge < -0.3 is 25.0 Å². The molecule has 5 amide bonds. The predicted octanol–water partition coefficient (Wildman–Crippen LogP) is 3.14. The van der Waals surface area contributed by atoms with Crippen molar-refractivity contribution in [1.82, 2.24) is 25.2 Å². The van der Waals surface area contributed by atoms with Gasteiger partial charge >= 0.3 is 12.2 Å². The van der Waals surface area contributed by atoms with E-state index in [4.69, 9.17) is 9.47 Å². The standard InChI is InChI=1S/C35H46FN5O9S/c1-34(2,3)50-32(45)37-27-10-8-6-4-5-7-9-23-17-35(23,31(44)39-51(47,48)26-13-14-26)38-29(42)28-16-25(20-41(28)30(27)43)49-33(46)40-18-21-11-12-24(36)15-22(21)19-40/h7,9,11-12,15,23,25-28H,4-6,8,10,13-14,16-20H2,1-3H3,(H,37,45)(H,38,42)(H,39,44)/t23-,25-,27-,28+,35-/m1/s1. The Kier molecular flexibility index (Phi) is 10.1. The first-order chi connectivity index (χ1) is 24.0. The van der Waals surface area contributed by atoms with Gasteiger partial charge in [0.05, 0.1) is 11.8 Å². The molecule has 16 heteroatoms. The summed E-state index contributed by atoms with van der Waals surface area (Å²) < 4.78 is 52.7. The van der Waals surface area contributed by atoms with Gasteiger partial charge in [-0.2, -0.15) is 0 Å². The van der Waals surface area contributed by atoms with Crippen LogP contribution in [-0.4, -0.2) is 89.2 Å². The summed E-state index contributed by atoms with van der Waals surface area (Å²) in [6.07, 6.45) is 5.21. The number of nitrogens with one attached hydrogen (secondary N) is 3. The van der Waals surface area contributed by atoms with Crippen molar-refractivity contribution in [3.05, 3.63) is 47.3 Å². The lowest BCUT2D eigenvalue weighted by Gasteiger charge is -2.30. The molecule has 3 N–H and O–H groups in total. The van der Waals surface area contributed by atoms with Gasteiger partial charge in [-0.3, -0.25) is 24.0 Å². The smallest absolute Gasteiger partial charge is 0.410 e. The predicted molar refractivity (Wildman–Crippen MR) is 180 cm³/mol. The molecular weight excluding hydrogens is 685 g/mol. The maximum Gasteiger partial charge on any atom is 0.410 e. The van der Waals surface area contributed by atoms with Crippen molar-refractivity contribution in [1.29, 1.82) is 0 Å². The maximum absolute atomic E-state index is 14.3. The molecule has 1 aromatic carbocycles. The monoisotopic (exact) mass is 731 g/mol. The van der Waals surface area contributed by atoms with Gasteiger partial charge in [0.2, 0.25) is 21.8 Å². The van der Waals surface area contributed by atoms with Crippen LogP contribution >= 0.6 is 0 Å². The Bertz CT molecular complexity index is 1730. The van der Waals surface area contributed by atoms with Crippen LogP contribution < -0.4 is 15.4 Å². The lowest BCUT2D eigenvalue weighted by molar-refractivity contribution is -0.141. The number of amides is 5. The van der Waals surface area contributed by atoms with Gasteiger partial charge in [-0.15, -0.1) is 0 Å². The highest BCUT2D eigenvalue weighted by Crippen LogP contribution is 2.46. The van der Waals surface area contributed by atoms with E-state index in [9.17, 15) is 36.8 Å². The van der Waals surface area contributed by atoms with E-state index in [-0.39, 0.29) is 38.9 Å². The highest BCUT2D eigenvalue weighted by molar-refractivity contribution is 7.91. The van der Waals surface area contributed by atoms with Crippen molar-refractivity contribution in [2.24, 2.45) is 5.92 Å². The molecule has 0 unspecified atom stereocenters. The van der Waals surface area contributed by atoms with Crippen LogP contribution in [-0.2, 0) is 47.0 Å². The molecule has 0 radical (unpaired) electrons.